The lowest BCUT2D eigenvalue weighted by molar-refractivity contribution is 0.0819. The lowest BCUT2D eigenvalue weighted by Gasteiger charge is -2.14. The van der Waals surface area contributed by atoms with Gasteiger partial charge in [0.1, 0.15) is 5.75 Å². The normalized spacial score (nSPS) is 12.3. The Hall–Kier alpha value is -1.97. The molecule has 1 heterocycles. The molecule has 0 saturated heterocycles. The van der Waals surface area contributed by atoms with Crippen LogP contribution in [-0.4, -0.2) is 16.9 Å². The molecule has 0 aliphatic carbocycles. The zero-order valence-corrected chi connectivity index (χ0v) is 14.2. The molecule has 0 fully saturated rings. The highest BCUT2D eigenvalue weighted by molar-refractivity contribution is 6.34. The van der Waals surface area contributed by atoms with Crippen LogP contribution in [0.15, 0.2) is 42.5 Å². The quantitative estimate of drug-likeness (QED) is 0.639. The van der Waals surface area contributed by atoms with Crippen LogP contribution in [0.4, 0.5) is 0 Å². The number of halogens is 2. The number of nitrogens with one attached hydrogen (secondary N) is 1. The molecule has 2 aromatic carbocycles. The maximum atomic E-state index is 12.8. The smallest absolute Gasteiger partial charge is 0.205 e. The third kappa shape index (κ3) is 3.21. The second-order valence-electron chi connectivity index (χ2n) is 5.40. The van der Waals surface area contributed by atoms with Crippen molar-refractivity contribution in [3.8, 4) is 5.75 Å². The van der Waals surface area contributed by atoms with Gasteiger partial charge in [-0.2, -0.15) is 0 Å². The van der Waals surface area contributed by atoms with Crippen molar-refractivity contribution in [1.82, 2.24) is 4.98 Å². The zero-order chi connectivity index (χ0) is 16.6. The predicted octanol–water partition coefficient (Wildman–Crippen LogP) is 5.43. The Labute approximate surface area is 144 Å². The minimum absolute atomic E-state index is 0.0870. The minimum Gasteiger partial charge on any atom is -0.482 e. The minimum atomic E-state index is -0.651. The van der Waals surface area contributed by atoms with E-state index in [1.807, 2.05) is 31.2 Å². The third-order valence-electron chi connectivity index (χ3n) is 3.66. The van der Waals surface area contributed by atoms with Crippen LogP contribution in [0, 0.1) is 6.92 Å². The molecule has 0 saturated carbocycles. The van der Waals surface area contributed by atoms with Crippen molar-refractivity contribution in [2.75, 3.05) is 0 Å². The van der Waals surface area contributed by atoms with Gasteiger partial charge in [0.2, 0.25) is 5.78 Å². The van der Waals surface area contributed by atoms with E-state index in [1.165, 1.54) is 0 Å². The van der Waals surface area contributed by atoms with Crippen molar-refractivity contribution in [1.29, 1.82) is 0 Å². The number of hydrogen-bond donors (Lipinski definition) is 1. The summed E-state index contributed by atoms with van der Waals surface area (Å²) in [6, 6.07) is 12.6. The van der Waals surface area contributed by atoms with Gasteiger partial charge >= 0.3 is 0 Å². The Morgan fingerprint density at radius 2 is 1.78 bits per heavy atom. The van der Waals surface area contributed by atoms with Gasteiger partial charge < -0.3 is 9.72 Å². The molecule has 0 aliphatic rings. The first-order valence-corrected chi connectivity index (χ1v) is 7.95. The van der Waals surface area contributed by atoms with E-state index in [1.54, 1.807) is 25.1 Å². The summed E-state index contributed by atoms with van der Waals surface area (Å²) in [6.07, 6.45) is -0.651. The second kappa shape index (κ2) is 6.26. The van der Waals surface area contributed by atoms with Gasteiger partial charge in [0.15, 0.2) is 6.10 Å². The van der Waals surface area contributed by atoms with Crippen LogP contribution >= 0.6 is 23.2 Å². The summed E-state index contributed by atoms with van der Waals surface area (Å²) in [6.45, 7) is 3.61. The average Bonchev–Trinajstić information content (AvgIpc) is 2.81. The van der Waals surface area contributed by atoms with E-state index in [0.717, 1.165) is 16.6 Å². The zero-order valence-electron chi connectivity index (χ0n) is 12.7. The highest BCUT2D eigenvalue weighted by Gasteiger charge is 2.23. The molecule has 1 N–H and O–H groups in total. The Morgan fingerprint density at radius 3 is 2.48 bits per heavy atom. The number of rotatable bonds is 4. The molecule has 3 nitrogen and oxygen atoms in total. The monoisotopic (exact) mass is 347 g/mol. The molecule has 5 heteroatoms. The summed E-state index contributed by atoms with van der Waals surface area (Å²) in [4.78, 5) is 16.0. The second-order valence-corrected chi connectivity index (χ2v) is 6.27. The first kappa shape index (κ1) is 15.9. The summed E-state index contributed by atoms with van der Waals surface area (Å²) in [5.41, 5.74) is 2.42. The van der Waals surface area contributed by atoms with Gasteiger partial charge in [-0.1, -0.05) is 41.4 Å². The fraction of sp³-hybridized carbons (Fsp3) is 0.167. The molecule has 0 amide bonds. The molecule has 118 valence electrons. The van der Waals surface area contributed by atoms with Crippen LogP contribution in [-0.2, 0) is 0 Å². The maximum Gasteiger partial charge on any atom is 0.205 e. The Bertz CT molecular complexity index is 866. The van der Waals surface area contributed by atoms with E-state index in [0.29, 0.717) is 21.4 Å². The largest absolute Gasteiger partial charge is 0.482 e. The first-order chi connectivity index (χ1) is 11.0. The number of hydrogen-bond acceptors (Lipinski definition) is 2. The molecule has 0 bridgehead atoms. The molecule has 3 rings (SSSR count). The van der Waals surface area contributed by atoms with Gasteiger partial charge in [-0.3, -0.25) is 4.79 Å². The number of H-pyrrole nitrogens is 1. The van der Waals surface area contributed by atoms with E-state index in [9.17, 15) is 4.79 Å². The molecule has 1 aromatic heterocycles. The number of aromatic nitrogens is 1. The van der Waals surface area contributed by atoms with Gasteiger partial charge in [0, 0.05) is 32.2 Å². The predicted molar refractivity (Wildman–Crippen MR) is 93.9 cm³/mol. The maximum absolute atomic E-state index is 12.8. The number of Topliss-reactive ketones (excluding diaryl/α,β-unsaturated/α-hetero) is 1. The highest BCUT2D eigenvalue weighted by atomic mass is 35.5. The first-order valence-electron chi connectivity index (χ1n) is 7.20. The summed E-state index contributed by atoms with van der Waals surface area (Å²) in [5.74, 6) is 0.386. The number of carbonyl (C=O) groups excluding carboxylic acids is 1. The average molecular weight is 348 g/mol. The van der Waals surface area contributed by atoms with Crippen molar-refractivity contribution in [3.63, 3.8) is 0 Å². The van der Waals surface area contributed by atoms with Crippen LogP contribution in [0.25, 0.3) is 10.9 Å². The van der Waals surface area contributed by atoms with Crippen molar-refractivity contribution in [3.05, 3.63) is 63.8 Å². The van der Waals surface area contributed by atoms with E-state index < -0.39 is 6.10 Å². The van der Waals surface area contributed by atoms with Crippen LogP contribution in [0.5, 0.6) is 5.75 Å². The lowest BCUT2D eigenvalue weighted by Crippen LogP contribution is -2.24. The van der Waals surface area contributed by atoms with Gasteiger partial charge in [-0.05, 0) is 38.1 Å². The van der Waals surface area contributed by atoms with Crippen molar-refractivity contribution < 1.29 is 9.53 Å². The number of benzene rings is 2. The van der Waals surface area contributed by atoms with Gasteiger partial charge in [0.05, 0.1) is 0 Å². The summed E-state index contributed by atoms with van der Waals surface area (Å²) < 4.78 is 5.73. The highest BCUT2D eigenvalue weighted by Crippen LogP contribution is 2.27. The van der Waals surface area contributed by atoms with E-state index in [2.05, 4.69) is 4.98 Å². The fourth-order valence-electron chi connectivity index (χ4n) is 2.65. The number of aryl methyl sites for hydroxylation is 1. The molecule has 0 aliphatic heterocycles. The van der Waals surface area contributed by atoms with Gasteiger partial charge in [-0.15, -0.1) is 0 Å². The van der Waals surface area contributed by atoms with Crippen LogP contribution < -0.4 is 4.74 Å². The summed E-state index contributed by atoms with van der Waals surface area (Å²) in [5, 5.41) is 1.83. The molecule has 0 spiro atoms. The summed E-state index contributed by atoms with van der Waals surface area (Å²) in [7, 11) is 0. The fourth-order valence-corrected chi connectivity index (χ4v) is 3.16. The molecule has 23 heavy (non-hydrogen) atoms. The number of para-hydroxylation sites is 1. The molecule has 0 unspecified atom stereocenters. The van der Waals surface area contributed by atoms with Crippen LogP contribution in [0.3, 0.4) is 0 Å². The van der Waals surface area contributed by atoms with Crippen LogP contribution in [0.1, 0.15) is 23.0 Å². The van der Waals surface area contributed by atoms with E-state index in [4.69, 9.17) is 27.9 Å². The van der Waals surface area contributed by atoms with E-state index in [-0.39, 0.29) is 5.78 Å². The number of carbonyl (C=O) groups is 1. The van der Waals surface area contributed by atoms with Gasteiger partial charge in [-0.25, -0.2) is 0 Å². The van der Waals surface area contributed by atoms with Crippen molar-refractivity contribution in [2.24, 2.45) is 0 Å². The summed E-state index contributed by atoms with van der Waals surface area (Å²) >= 11 is 11.9. The molecular formula is C18H15Cl2NO2. The number of ether oxygens (including phenoxy) is 1. The lowest BCUT2D eigenvalue weighted by atomic mass is 10.0. The Morgan fingerprint density at radius 1 is 1.13 bits per heavy atom. The van der Waals surface area contributed by atoms with Crippen LogP contribution in [0.2, 0.25) is 10.0 Å². The Balaban J connectivity index is 1.91. The van der Waals surface area contributed by atoms with Crippen molar-refractivity contribution in [2.45, 2.75) is 20.0 Å². The number of fused-ring (bicyclic) bond motifs is 1. The molecule has 1 atom stereocenters. The molecular weight excluding hydrogens is 333 g/mol. The topological polar surface area (TPSA) is 42.1 Å². The van der Waals surface area contributed by atoms with Crippen molar-refractivity contribution >= 4 is 39.9 Å². The van der Waals surface area contributed by atoms with E-state index >= 15 is 0 Å². The Kier molecular flexibility index (Phi) is 4.33. The SMILES string of the molecule is Cc1[nH]c2ccccc2c1C(=O)[C@H](C)Oc1cc(Cl)cc(Cl)c1. The van der Waals surface area contributed by atoms with Gasteiger partial charge in [0.25, 0.3) is 0 Å². The number of ketones is 1. The third-order valence-corrected chi connectivity index (χ3v) is 4.09. The molecule has 3 aromatic rings. The number of aromatic amines is 1. The molecule has 0 radical (unpaired) electrons. The standard InChI is InChI=1S/C18H15Cl2NO2/c1-10-17(15-5-3-4-6-16(15)21-10)18(22)11(2)23-14-8-12(19)7-13(20)9-14/h3-9,11,21H,1-2H3/t11-/m0/s1.